The molecule has 0 aliphatic rings. The van der Waals surface area contributed by atoms with E-state index in [0.29, 0.717) is 17.9 Å². The third-order valence-corrected chi connectivity index (χ3v) is 4.02. The first kappa shape index (κ1) is 17.5. The van der Waals surface area contributed by atoms with Crippen LogP contribution >= 0.6 is 0 Å². The fourth-order valence-corrected chi connectivity index (χ4v) is 2.69. The van der Waals surface area contributed by atoms with Crippen LogP contribution in [0, 0.1) is 10.1 Å². The number of non-ortho nitro benzene ring substituents is 1. The van der Waals surface area contributed by atoms with E-state index in [1.54, 1.807) is 29.0 Å². The van der Waals surface area contributed by atoms with Gasteiger partial charge in [0.15, 0.2) is 0 Å². The van der Waals surface area contributed by atoms with Crippen LogP contribution in [0.25, 0.3) is 11.0 Å². The second-order valence-electron chi connectivity index (χ2n) is 5.94. The minimum atomic E-state index is -0.460. The lowest BCUT2D eigenvalue weighted by molar-refractivity contribution is -0.384. The summed E-state index contributed by atoms with van der Waals surface area (Å²) < 4.78 is 1.64. The average Bonchev–Trinajstić information content (AvgIpc) is 2.64. The van der Waals surface area contributed by atoms with Crippen LogP contribution in [0.15, 0.2) is 47.4 Å². The Morgan fingerprint density at radius 2 is 2.08 bits per heavy atom. The number of hydrogen-bond acceptors (Lipinski definition) is 6. The first-order valence-corrected chi connectivity index (χ1v) is 8.46. The number of anilines is 2. The van der Waals surface area contributed by atoms with E-state index in [4.69, 9.17) is 0 Å². The van der Waals surface area contributed by atoms with E-state index in [-0.39, 0.29) is 17.2 Å². The Balaban J connectivity index is 1.95. The van der Waals surface area contributed by atoms with Gasteiger partial charge in [-0.25, -0.2) is 4.98 Å². The van der Waals surface area contributed by atoms with Crippen molar-refractivity contribution in [1.29, 1.82) is 0 Å². The number of fused-ring (bicyclic) bond motifs is 1. The van der Waals surface area contributed by atoms with Gasteiger partial charge in [0.25, 0.3) is 11.2 Å². The monoisotopic (exact) mass is 353 g/mol. The molecule has 1 N–H and O–H groups in total. The Morgan fingerprint density at radius 1 is 1.23 bits per heavy atom. The predicted octanol–water partition coefficient (Wildman–Crippen LogP) is 3.63. The van der Waals surface area contributed by atoms with E-state index in [0.717, 1.165) is 24.6 Å². The Morgan fingerprint density at radius 3 is 2.85 bits per heavy atom. The lowest BCUT2D eigenvalue weighted by Crippen LogP contribution is -2.20. The number of unbranched alkanes of at least 4 members (excludes halogenated alkanes) is 2. The second-order valence-corrected chi connectivity index (χ2v) is 5.94. The third kappa shape index (κ3) is 3.85. The van der Waals surface area contributed by atoms with E-state index in [1.807, 2.05) is 0 Å². The van der Waals surface area contributed by atoms with Crippen molar-refractivity contribution in [2.45, 2.75) is 32.7 Å². The molecule has 0 bridgehead atoms. The molecule has 0 saturated heterocycles. The summed E-state index contributed by atoms with van der Waals surface area (Å²) in [6, 6.07) is 9.32. The Hall–Kier alpha value is -3.29. The molecule has 0 spiro atoms. The molecule has 3 rings (SSSR count). The average molecular weight is 353 g/mol. The molecule has 3 aromatic rings. The molecule has 0 radical (unpaired) electrons. The number of nitrogens with one attached hydrogen (secondary N) is 1. The van der Waals surface area contributed by atoms with E-state index >= 15 is 0 Å². The van der Waals surface area contributed by atoms with Gasteiger partial charge in [-0.05, 0) is 18.6 Å². The summed E-state index contributed by atoms with van der Waals surface area (Å²) in [5.74, 6) is 0.285. The number of aryl methyl sites for hydroxylation is 1. The van der Waals surface area contributed by atoms with Crippen molar-refractivity contribution in [2.24, 2.45) is 0 Å². The van der Waals surface area contributed by atoms with Crippen molar-refractivity contribution in [3.63, 3.8) is 0 Å². The number of aromatic nitrogens is 3. The number of benzene rings is 1. The molecule has 0 fully saturated rings. The minimum absolute atomic E-state index is 0.0211. The molecule has 26 heavy (non-hydrogen) atoms. The Labute approximate surface area is 149 Å². The van der Waals surface area contributed by atoms with Crippen LogP contribution in [-0.2, 0) is 6.54 Å². The molecule has 0 amide bonds. The second kappa shape index (κ2) is 7.73. The van der Waals surface area contributed by atoms with Gasteiger partial charge in [-0.3, -0.25) is 19.5 Å². The number of nitro groups is 1. The number of nitro benzene ring substituents is 1. The van der Waals surface area contributed by atoms with Gasteiger partial charge in [-0.1, -0.05) is 25.8 Å². The van der Waals surface area contributed by atoms with Crippen molar-refractivity contribution < 1.29 is 4.92 Å². The summed E-state index contributed by atoms with van der Waals surface area (Å²) in [5.41, 5.74) is 0.937. The molecule has 0 saturated carbocycles. The van der Waals surface area contributed by atoms with Crippen molar-refractivity contribution in [2.75, 3.05) is 5.32 Å². The van der Waals surface area contributed by atoms with E-state index in [9.17, 15) is 14.9 Å². The van der Waals surface area contributed by atoms with Crippen LogP contribution < -0.4 is 10.9 Å². The highest BCUT2D eigenvalue weighted by Gasteiger charge is 2.09. The molecule has 2 heterocycles. The zero-order valence-electron chi connectivity index (χ0n) is 14.4. The lowest BCUT2D eigenvalue weighted by atomic mass is 10.2. The Bertz CT molecular complexity index is 1000. The fraction of sp³-hybridized carbons (Fsp3) is 0.278. The van der Waals surface area contributed by atoms with Crippen LogP contribution in [0.4, 0.5) is 17.3 Å². The fourth-order valence-electron chi connectivity index (χ4n) is 2.69. The SMILES string of the molecule is CCCCCn1c(=O)ccc2cnc(Nc3cccc([N+](=O)[O-])c3)nc21. The summed E-state index contributed by atoms with van der Waals surface area (Å²) in [7, 11) is 0. The topological polar surface area (TPSA) is 103 Å². The van der Waals surface area contributed by atoms with Gasteiger partial charge in [0.1, 0.15) is 5.65 Å². The molecular weight excluding hydrogens is 334 g/mol. The Kier molecular flexibility index (Phi) is 5.21. The largest absolute Gasteiger partial charge is 0.324 e. The van der Waals surface area contributed by atoms with Gasteiger partial charge < -0.3 is 5.32 Å². The van der Waals surface area contributed by atoms with E-state index in [1.165, 1.54) is 18.2 Å². The molecule has 134 valence electrons. The highest BCUT2D eigenvalue weighted by atomic mass is 16.6. The number of nitrogens with zero attached hydrogens (tertiary/aromatic N) is 4. The maximum atomic E-state index is 12.2. The normalized spacial score (nSPS) is 10.8. The minimum Gasteiger partial charge on any atom is -0.324 e. The van der Waals surface area contributed by atoms with Crippen LogP contribution in [-0.4, -0.2) is 19.5 Å². The summed E-state index contributed by atoms with van der Waals surface area (Å²) in [5, 5.41) is 14.6. The molecule has 8 nitrogen and oxygen atoms in total. The first-order valence-electron chi connectivity index (χ1n) is 8.46. The summed E-state index contributed by atoms with van der Waals surface area (Å²) in [4.78, 5) is 31.4. The molecule has 0 unspecified atom stereocenters. The summed E-state index contributed by atoms with van der Waals surface area (Å²) in [6.45, 7) is 2.70. The number of hydrogen-bond donors (Lipinski definition) is 1. The zero-order chi connectivity index (χ0) is 18.5. The highest BCUT2D eigenvalue weighted by Crippen LogP contribution is 2.20. The molecule has 2 aromatic heterocycles. The van der Waals surface area contributed by atoms with Crippen molar-refractivity contribution in [3.05, 3.63) is 63.1 Å². The van der Waals surface area contributed by atoms with Crippen molar-refractivity contribution in [1.82, 2.24) is 14.5 Å². The van der Waals surface area contributed by atoms with Gasteiger partial charge in [0.2, 0.25) is 5.95 Å². The first-order chi connectivity index (χ1) is 12.6. The molecule has 0 aliphatic heterocycles. The maximum Gasteiger partial charge on any atom is 0.271 e. The quantitative estimate of drug-likeness (QED) is 0.395. The summed E-state index contributed by atoms with van der Waals surface area (Å²) in [6.07, 6.45) is 4.63. The predicted molar refractivity (Wildman–Crippen MR) is 99.7 cm³/mol. The van der Waals surface area contributed by atoms with Crippen LogP contribution in [0.3, 0.4) is 0 Å². The highest BCUT2D eigenvalue weighted by molar-refractivity contribution is 5.75. The number of pyridine rings is 1. The van der Waals surface area contributed by atoms with Gasteiger partial charge in [0.05, 0.1) is 4.92 Å². The molecule has 0 atom stereocenters. The van der Waals surface area contributed by atoms with E-state index < -0.39 is 4.92 Å². The smallest absolute Gasteiger partial charge is 0.271 e. The van der Waals surface area contributed by atoms with Gasteiger partial charge >= 0.3 is 0 Å². The van der Waals surface area contributed by atoms with Gasteiger partial charge in [0, 0.05) is 42.0 Å². The molecular formula is C18H19N5O3. The van der Waals surface area contributed by atoms with Crippen LogP contribution in [0.2, 0.25) is 0 Å². The lowest BCUT2D eigenvalue weighted by Gasteiger charge is -2.10. The van der Waals surface area contributed by atoms with Crippen LogP contribution in [0.1, 0.15) is 26.2 Å². The maximum absolute atomic E-state index is 12.2. The summed E-state index contributed by atoms with van der Waals surface area (Å²) >= 11 is 0. The molecule has 8 heteroatoms. The van der Waals surface area contributed by atoms with Crippen molar-refractivity contribution >= 4 is 28.4 Å². The zero-order valence-corrected chi connectivity index (χ0v) is 14.4. The standard InChI is InChI=1S/C18H19N5O3/c1-2-3-4-10-22-16(24)9-8-13-12-19-18(21-17(13)22)20-14-6-5-7-15(11-14)23(25)26/h5-9,11-12H,2-4,10H2,1H3,(H,19,20,21). The van der Waals surface area contributed by atoms with Gasteiger partial charge in [-0.2, -0.15) is 4.98 Å². The van der Waals surface area contributed by atoms with Gasteiger partial charge in [-0.15, -0.1) is 0 Å². The third-order valence-electron chi connectivity index (χ3n) is 4.02. The van der Waals surface area contributed by atoms with Crippen LogP contribution in [0.5, 0.6) is 0 Å². The number of rotatable bonds is 7. The van der Waals surface area contributed by atoms with Crippen molar-refractivity contribution in [3.8, 4) is 0 Å². The molecule has 0 aliphatic carbocycles. The van der Waals surface area contributed by atoms with E-state index in [2.05, 4.69) is 22.2 Å². The molecule has 1 aromatic carbocycles.